The lowest BCUT2D eigenvalue weighted by Gasteiger charge is -2.45. The molecule has 116 valence electrons. The first-order valence-corrected chi connectivity index (χ1v) is 7.28. The van der Waals surface area contributed by atoms with E-state index in [0.29, 0.717) is 13.1 Å². The second-order valence-corrected chi connectivity index (χ2v) is 6.01. The van der Waals surface area contributed by atoms with Crippen molar-refractivity contribution in [2.75, 3.05) is 33.3 Å². The molecule has 0 saturated carbocycles. The van der Waals surface area contributed by atoms with Gasteiger partial charge in [-0.1, -0.05) is 18.2 Å². The molecule has 1 saturated heterocycles. The number of β-amino-alcohol motifs (C(OH)–C–C–N with tert-alkyl or cyclic N) is 1. The number of benzene rings is 1. The average Bonchev–Trinajstić information content (AvgIpc) is 2.47. The minimum Gasteiger partial charge on any atom is -0.491 e. The van der Waals surface area contributed by atoms with Gasteiger partial charge in [0, 0.05) is 26.7 Å². The van der Waals surface area contributed by atoms with Gasteiger partial charge in [0.2, 0.25) is 5.91 Å². The Balaban J connectivity index is 1.87. The lowest BCUT2D eigenvalue weighted by Crippen LogP contribution is -2.63. The third kappa shape index (κ3) is 3.74. The van der Waals surface area contributed by atoms with Crippen molar-refractivity contribution in [2.24, 2.45) is 0 Å². The molecule has 21 heavy (non-hydrogen) atoms. The minimum atomic E-state index is -0.624. The largest absolute Gasteiger partial charge is 0.491 e. The van der Waals surface area contributed by atoms with Gasteiger partial charge in [-0.2, -0.15) is 0 Å². The average molecular weight is 292 g/mol. The van der Waals surface area contributed by atoms with Crippen LogP contribution in [0.25, 0.3) is 0 Å². The predicted octanol–water partition coefficient (Wildman–Crippen LogP) is 0.979. The number of carbonyl (C=O) groups excluding carboxylic acids is 1. The van der Waals surface area contributed by atoms with Crippen molar-refractivity contribution in [2.45, 2.75) is 25.5 Å². The van der Waals surface area contributed by atoms with E-state index in [9.17, 15) is 9.90 Å². The predicted molar refractivity (Wildman–Crippen MR) is 81.2 cm³/mol. The second kappa shape index (κ2) is 6.45. The molecule has 1 N–H and O–H groups in total. The number of likely N-dealkylation sites (N-methyl/N-ethyl adjacent to an activating group) is 1. The number of rotatable bonds is 5. The highest BCUT2D eigenvalue weighted by atomic mass is 16.5. The van der Waals surface area contributed by atoms with Crippen molar-refractivity contribution in [3.8, 4) is 5.75 Å². The van der Waals surface area contributed by atoms with Gasteiger partial charge >= 0.3 is 0 Å². The van der Waals surface area contributed by atoms with Gasteiger partial charge in [0.1, 0.15) is 18.5 Å². The van der Waals surface area contributed by atoms with E-state index in [0.717, 1.165) is 12.3 Å². The molecular weight excluding hydrogens is 268 g/mol. The Kier molecular flexibility index (Phi) is 4.85. The molecule has 5 heteroatoms. The van der Waals surface area contributed by atoms with Crippen molar-refractivity contribution in [1.29, 1.82) is 0 Å². The molecule has 5 nitrogen and oxygen atoms in total. The summed E-state index contributed by atoms with van der Waals surface area (Å²) in [6.45, 7) is 5.90. The van der Waals surface area contributed by atoms with Gasteiger partial charge in [0.15, 0.2) is 0 Å². The van der Waals surface area contributed by atoms with E-state index in [1.165, 1.54) is 0 Å². The van der Waals surface area contributed by atoms with Gasteiger partial charge in [0.25, 0.3) is 0 Å². The van der Waals surface area contributed by atoms with Crippen LogP contribution in [0, 0.1) is 0 Å². The summed E-state index contributed by atoms with van der Waals surface area (Å²) in [4.78, 5) is 16.0. The third-order valence-corrected chi connectivity index (χ3v) is 3.98. The molecule has 1 heterocycles. The van der Waals surface area contributed by atoms with Crippen LogP contribution in [0.5, 0.6) is 5.75 Å². The Morgan fingerprint density at radius 3 is 2.62 bits per heavy atom. The van der Waals surface area contributed by atoms with Crippen molar-refractivity contribution < 1.29 is 14.6 Å². The highest BCUT2D eigenvalue weighted by molar-refractivity contribution is 5.86. The van der Waals surface area contributed by atoms with Gasteiger partial charge in [-0.15, -0.1) is 0 Å². The molecule has 1 aliphatic heterocycles. The van der Waals surface area contributed by atoms with Crippen LogP contribution in [-0.2, 0) is 4.79 Å². The fourth-order valence-corrected chi connectivity index (χ4v) is 2.59. The number of para-hydroxylation sites is 1. The first-order valence-electron chi connectivity index (χ1n) is 7.28. The molecule has 1 amide bonds. The van der Waals surface area contributed by atoms with Gasteiger partial charge in [-0.05, 0) is 26.0 Å². The lowest BCUT2D eigenvalue weighted by atomic mass is 9.97. The van der Waals surface area contributed by atoms with Crippen LogP contribution >= 0.6 is 0 Å². The molecular formula is C16H24N2O3. The Morgan fingerprint density at radius 1 is 1.29 bits per heavy atom. The van der Waals surface area contributed by atoms with Gasteiger partial charge in [-0.3, -0.25) is 9.69 Å². The normalized spacial score (nSPS) is 20.4. The summed E-state index contributed by atoms with van der Waals surface area (Å²) in [5, 5.41) is 10.2. The first-order chi connectivity index (χ1) is 9.91. The monoisotopic (exact) mass is 292 g/mol. The molecule has 0 aliphatic carbocycles. The summed E-state index contributed by atoms with van der Waals surface area (Å²) in [5.74, 6) is 0.829. The Morgan fingerprint density at radius 2 is 1.95 bits per heavy atom. The van der Waals surface area contributed by atoms with Crippen molar-refractivity contribution in [1.82, 2.24) is 9.80 Å². The number of aliphatic hydroxyl groups excluding tert-OH is 1. The maximum absolute atomic E-state index is 12.2. The van der Waals surface area contributed by atoms with Crippen LogP contribution < -0.4 is 4.74 Å². The summed E-state index contributed by atoms with van der Waals surface area (Å²) in [7, 11) is 1.82. The zero-order valence-corrected chi connectivity index (χ0v) is 13.0. The third-order valence-electron chi connectivity index (χ3n) is 3.98. The smallest absolute Gasteiger partial charge is 0.242 e. The minimum absolute atomic E-state index is 0.0879. The van der Waals surface area contributed by atoms with Crippen LogP contribution in [-0.4, -0.2) is 65.7 Å². The van der Waals surface area contributed by atoms with Crippen molar-refractivity contribution in [3.05, 3.63) is 30.3 Å². The number of ether oxygens (including phenoxy) is 1. The highest BCUT2D eigenvalue weighted by Gasteiger charge is 2.40. The maximum atomic E-state index is 12.2. The SMILES string of the molecule is CN1CCN(CC(O)COc2ccccc2)C(C)(C)C1=O. The number of amides is 1. The molecule has 1 unspecified atom stereocenters. The van der Waals surface area contributed by atoms with E-state index < -0.39 is 11.6 Å². The molecule has 0 radical (unpaired) electrons. The van der Waals surface area contributed by atoms with Crippen molar-refractivity contribution in [3.63, 3.8) is 0 Å². The molecule has 1 fully saturated rings. The van der Waals surface area contributed by atoms with E-state index in [-0.39, 0.29) is 12.5 Å². The zero-order valence-electron chi connectivity index (χ0n) is 13.0. The zero-order chi connectivity index (χ0) is 15.5. The van der Waals surface area contributed by atoms with Gasteiger partial charge < -0.3 is 14.7 Å². The second-order valence-electron chi connectivity index (χ2n) is 6.01. The first kappa shape index (κ1) is 15.8. The number of hydrogen-bond donors (Lipinski definition) is 1. The summed E-state index contributed by atoms with van der Waals surface area (Å²) in [6.07, 6.45) is -0.624. The Bertz CT molecular complexity index is 476. The quantitative estimate of drug-likeness (QED) is 0.879. The summed E-state index contributed by atoms with van der Waals surface area (Å²) in [5.41, 5.74) is -0.583. The molecule has 1 aromatic rings. The van der Waals surface area contributed by atoms with Crippen LogP contribution in [0.3, 0.4) is 0 Å². The Labute approximate surface area is 126 Å². The van der Waals surface area contributed by atoms with E-state index in [4.69, 9.17) is 4.74 Å². The summed E-state index contributed by atoms with van der Waals surface area (Å²) in [6, 6.07) is 9.42. The number of carbonyl (C=O) groups is 1. The van der Waals surface area contributed by atoms with Crippen LogP contribution in [0.4, 0.5) is 0 Å². The molecule has 0 aromatic heterocycles. The molecule has 0 spiro atoms. The summed E-state index contributed by atoms with van der Waals surface area (Å²) < 4.78 is 5.55. The highest BCUT2D eigenvalue weighted by Crippen LogP contribution is 2.21. The molecule has 1 aromatic carbocycles. The van der Waals surface area contributed by atoms with Crippen LogP contribution in [0.15, 0.2) is 30.3 Å². The van der Waals surface area contributed by atoms with Gasteiger partial charge in [0.05, 0.1) is 5.54 Å². The fraction of sp³-hybridized carbons (Fsp3) is 0.562. The van der Waals surface area contributed by atoms with Crippen LogP contribution in [0.2, 0.25) is 0 Å². The Hall–Kier alpha value is -1.59. The van der Waals surface area contributed by atoms with Gasteiger partial charge in [-0.25, -0.2) is 0 Å². The topological polar surface area (TPSA) is 53.0 Å². The molecule has 1 atom stereocenters. The number of piperazine rings is 1. The summed E-state index contributed by atoms with van der Waals surface area (Å²) >= 11 is 0. The molecule has 0 bridgehead atoms. The van der Waals surface area contributed by atoms with E-state index in [2.05, 4.69) is 0 Å². The number of aliphatic hydroxyl groups is 1. The fourth-order valence-electron chi connectivity index (χ4n) is 2.59. The number of nitrogens with zero attached hydrogens (tertiary/aromatic N) is 2. The van der Waals surface area contributed by atoms with E-state index in [1.54, 1.807) is 4.90 Å². The van der Waals surface area contributed by atoms with Crippen LogP contribution in [0.1, 0.15) is 13.8 Å². The number of hydrogen-bond acceptors (Lipinski definition) is 4. The molecule has 1 aliphatic rings. The van der Waals surface area contributed by atoms with Crippen molar-refractivity contribution >= 4 is 5.91 Å². The lowest BCUT2D eigenvalue weighted by molar-refractivity contribution is -0.148. The molecule has 2 rings (SSSR count). The standard InChI is InChI=1S/C16H24N2O3/c1-16(2)15(20)17(3)9-10-18(16)11-13(19)12-21-14-7-5-4-6-8-14/h4-8,13,19H,9-12H2,1-3H3. The van der Waals surface area contributed by atoms with E-state index >= 15 is 0 Å². The van der Waals surface area contributed by atoms with E-state index in [1.807, 2.05) is 56.1 Å². The maximum Gasteiger partial charge on any atom is 0.242 e.